The highest BCUT2D eigenvalue weighted by Gasteiger charge is 2.33. The third-order valence-electron chi connectivity index (χ3n) is 5.51. The maximum atomic E-state index is 12.9. The number of rotatable bonds is 3. The molecule has 2 aromatic rings. The minimum atomic E-state index is -4.32. The number of nitrogens with zero attached hydrogens (tertiary/aromatic N) is 2. The van der Waals surface area contributed by atoms with Gasteiger partial charge in [-0.25, -0.2) is 0 Å². The highest BCUT2D eigenvalue weighted by molar-refractivity contribution is 6.02. The van der Waals surface area contributed by atoms with E-state index in [1.807, 2.05) is 29.2 Å². The van der Waals surface area contributed by atoms with E-state index in [-0.39, 0.29) is 11.7 Å². The number of piperazine rings is 1. The molecule has 1 fully saturated rings. The van der Waals surface area contributed by atoms with Crippen LogP contribution in [0.4, 0.5) is 18.9 Å². The van der Waals surface area contributed by atoms with Crippen LogP contribution in [0.5, 0.6) is 0 Å². The fourth-order valence-electron chi connectivity index (χ4n) is 4.04. The van der Waals surface area contributed by atoms with E-state index < -0.39 is 11.7 Å². The van der Waals surface area contributed by atoms with E-state index in [1.54, 1.807) is 6.07 Å². The summed E-state index contributed by atoms with van der Waals surface area (Å²) in [6, 6.07) is 13.3. The molecule has 0 radical (unpaired) electrons. The van der Waals surface area contributed by atoms with Crippen LogP contribution in [0, 0.1) is 5.92 Å². The molecule has 4 rings (SSSR count). The molecule has 0 aromatic heterocycles. The van der Waals surface area contributed by atoms with Crippen molar-refractivity contribution in [2.45, 2.75) is 12.6 Å². The molecule has 1 aliphatic carbocycles. The van der Waals surface area contributed by atoms with Crippen molar-refractivity contribution in [3.05, 3.63) is 65.2 Å². The Morgan fingerprint density at radius 2 is 1.70 bits per heavy atom. The molecule has 1 aliphatic heterocycles. The molecule has 142 valence electrons. The van der Waals surface area contributed by atoms with Gasteiger partial charge in [0.1, 0.15) is 0 Å². The SMILES string of the molecule is O=C1c2ccccc2CC1CN1CCN(c2cccc(C(F)(F)F)c2)CC1. The summed E-state index contributed by atoms with van der Waals surface area (Å²) in [6.07, 6.45) is -3.54. The number of alkyl halides is 3. The van der Waals surface area contributed by atoms with Crippen molar-refractivity contribution in [2.24, 2.45) is 5.92 Å². The fourth-order valence-corrected chi connectivity index (χ4v) is 4.04. The molecule has 2 aliphatic rings. The largest absolute Gasteiger partial charge is 0.416 e. The number of benzene rings is 2. The Morgan fingerprint density at radius 1 is 0.963 bits per heavy atom. The Labute approximate surface area is 156 Å². The lowest BCUT2D eigenvalue weighted by atomic mass is 10.0. The maximum absolute atomic E-state index is 12.9. The van der Waals surface area contributed by atoms with E-state index in [0.717, 1.165) is 36.7 Å². The van der Waals surface area contributed by atoms with Crippen molar-refractivity contribution >= 4 is 11.5 Å². The predicted octanol–water partition coefficient (Wildman–Crippen LogP) is 3.88. The van der Waals surface area contributed by atoms with Gasteiger partial charge in [-0.2, -0.15) is 13.2 Å². The predicted molar refractivity (Wildman–Crippen MR) is 98.1 cm³/mol. The molecule has 1 unspecified atom stereocenters. The van der Waals surface area contributed by atoms with Gasteiger partial charge < -0.3 is 4.90 Å². The number of ketones is 1. The Balaban J connectivity index is 1.36. The van der Waals surface area contributed by atoms with E-state index in [4.69, 9.17) is 0 Å². The molecule has 0 spiro atoms. The van der Waals surface area contributed by atoms with Crippen molar-refractivity contribution in [1.29, 1.82) is 0 Å². The zero-order valence-electron chi connectivity index (χ0n) is 14.9. The monoisotopic (exact) mass is 374 g/mol. The molecule has 0 N–H and O–H groups in total. The molecule has 0 saturated carbocycles. The second kappa shape index (κ2) is 7.00. The molecule has 1 saturated heterocycles. The lowest BCUT2D eigenvalue weighted by molar-refractivity contribution is -0.137. The van der Waals surface area contributed by atoms with Crippen LogP contribution in [-0.4, -0.2) is 43.4 Å². The summed E-state index contributed by atoms with van der Waals surface area (Å²) < 4.78 is 38.7. The van der Waals surface area contributed by atoms with Gasteiger partial charge in [-0.05, 0) is 30.2 Å². The van der Waals surface area contributed by atoms with Gasteiger partial charge in [-0.15, -0.1) is 0 Å². The van der Waals surface area contributed by atoms with Gasteiger partial charge in [-0.3, -0.25) is 9.69 Å². The first kappa shape index (κ1) is 18.0. The van der Waals surface area contributed by atoms with Gasteiger partial charge in [0.05, 0.1) is 5.56 Å². The topological polar surface area (TPSA) is 23.6 Å². The molecule has 27 heavy (non-hydrogen) atoms. The second-order valence-corrected chi connectivity index (χ2v) is 7.26. The Kier molecular flexibility index (Phi) is 4.68. The van der Waals surface area contributed by atoms with Crippen LogP contribution in [0.3, 0.4) is 0 Å². The van der Waals surface area contributed by atoms with Crippen molar-refractivity contribution in [3.63, 3.8) is 0 Å². The first-order valence-corrected chi connectivity index (χ1v) is 9.18. The highest BCUT2D eigenvalue weighted by Crippen LogP contribution is 2.32. The number of fused-ring (bicyclic) bond motifs is 1. The van der Waals surface area contributed by atoms with Crippen LogP contribution >= 0.6 is 0 Å². The first-order chi connectivity index (χ1) is 12.9. The summed E-state index contributed by atoms with van der Waals surface area (Å²) in [7, 11) is 0. The molecular formula is C21H21F3N2O. The minimum absolute atomic E-state index is 0.0116. The third-order valence-corrected chi connectivity index (χ3v) is 5.51. The van der Waals surface area contributed by atoms with Crippen LogP contribution in [0.2, 0.25) is 0 Å². The van der Waals surface area contributed by atoms with Gasteiger partial charge >= 0.3 is 6.18 Å². The number of hydrogen-bond donors (Lipinski definition) is 0. The number of carbonyl (C=O) groups excluding carboxylic acids is 1. The van der Waals surface area contributed by atoms with Crippen molar-refractivity contribution in [2.75, 3.05) is 37.6 Å². The van der Waals surface area contributed by atoms with E-state index in [2.05, 4.69) is 4.90 Å². The summed E-state index contributed by atoms with van der Waals surface area (Å²) in [4.78, 5) is 16.8. The molecule has 1 atom stereocenters. The van der Waals surface area contributed by atoms with E-state index in [9.17, 15) is 18.0 Å². The van der Waals surface area contributed by atoms with Gasteiger partial charge in [0, 0.05) is 49.9 Å². The molecule has 3 nitrogen and oxygen atoms in total. The van der Waals surface area contributed by atoms with Gasteiger partial charge in [0.25, 0.3) is 0 Å². The highest BCUT2D eigenvalue weighted by atomic mass is 19.4. The normalized spacial score (nSPS) is 20.8. The smallest absolute Gasteiger partial charge is 0.369 e. The van der Waals surface area contributed by atoms with Crippen molar-refractivity contribution in [1.82, 2.24) is 4.90 Å². The molecule has 2 aromatic carbocycles. The lowest BCUT2D eigenvalue weighted by Crippen LogP contribution is -2.48. The van der Waals surface area contributed by atoms with E-state index in [1.165, 1.54) is 12.1 Å². The minimum Gasteiger partial charge on any atom is -0.369 e. The van der Waals surface area contributed by atoms with E-state index in [0.29, 0.717) is 25.3 Å². The molecule has 0 amide bonds. The number of carbonyl (C=O) groups is 1. The second-order valence-electron chi connectivity index (χ2n) is 7.26. The Bertz CT molecular complexity index is 841. The average Bonchev–Trinajstić information content (AvgIpc) is 2.98. The lowest BCUT2D eigenvalue weighted by Gasteiger charge is -2.37. The molecule has 0 bridgehead atoms. The molecule has 1 heterocycles. The van der Waals surface area contributed by atoms with Crippen molar-refractivity contribution in [3.8, 4) is 0 Å². The third kappa shape index (κ3) is 3.72. The number of anilines is 1. The van der Waals surface area contributed by atoms with Gasteiger partial charge in [0.2, 0.25) is 0 Å². The molecule has 6 heteroatoms. The number of hydrogen-bond acceptors (Lipinski definition) is 3. The van der Waals surface area contributed by atoms with Crippen LogP contribution in [0.1, 0.15) is 21.5 Å². The number of halogens is 3. The van der Waals surface area contributed by atoms with Crippen LogP contribution in [-0.2, 0) is 12.6 Å². The Morgan fingerprint density at radius 3 is 2.41 bits per heavy atom. The number of Topliss-reactive ketones (excluding diaryl/α,β-unsaturated/α-hetero) is 1. The van der Waals surface area contributed by atoms with Crippen LogP contribution < -0.4 is 4.90 Å². The summed E-state index contributed by atoms with van der Waals surface area (Å²) in [6.45, 7) is 3.53. The summed E-state index contributed by atoms with van der Waals surface area (Å²) in [5.41, 5.74) is 1.95. The first-order valence-electron chi connectivity index (χ1n) is 9.18. The Hall–Kier alpha value is -2.34. The fraction of sp³-hybridized carbons (Fsp3) is 0.381. The maximum Gasteiger partial charge on any atom is 0.416 e. The van der Waals surface area contributed by atoms with Gasteiger partial charge in [-0.1, -0.05) is 30.3 Å². The quantitative estimate of drug-likeness (QED) is 0.815. The summed E-state index contributed by atoms with van der Waals surface area (Å²) in [5.74, 6) is 0.202. The van der Waals surface area contributed by atoms with Gasteiger partial charge in [0.15, 0.2) is 5.78 Å². The van der Waals surface area contributed by atoms with E-state index >= 15 is 0 Å². The van der Waals surface area contributed by atoms with Crippen LogP contribution in [0.25, 0.3) is 0 Å². The summed E-state index contributed by atoms with van der Waals surface area (Å²) in [5, 5.41) is 0. The average molecular weight is 374 g/mol. The summed E-state index contributed by atoms with van der Waals surface area (Å²) >= 11 is 0. The molecular weight excluding hydrogens is 353 g/mol. The zero-order chi connectivity index (χ0) is 19.0. The van der Waals surface area contributed by atoms with Crippen molar-refractivity contribution < 1.29 is 18.0 Å². The zero-order valence-corrected chi connectivity index (χ0v) is 14.9. The van der Waals surface area contributed by atoms with Crippen LogP contribution in [0.15, 0.2) is 48.5 Å². The standard InChI is InChI=1S/C21H21F3N2O/c22-21(23,24)17-5-3-6-18(13-17)26-10-8-25(9-11-26)14-16-12-15-4-1-2-7-19(15)20(16)27/h1-7,13,16H,8-12,14H2.